The van der Waals surface area contributed by atoms with E-state index in [1.807, 2.05) is 0 Å². The summed E-state index contributed by atoms with van der Waals surface area (Å²) in [6.45, 7) is 1.92. The number of benzene rings is 1. The highest BCUT2D eigenvalue weighted by Gasteiger charge is 2.18. The van der Waals surface area contributed by atoms with Crippen molar-refractivity contribution in [2.24, 2.45) is 0 Å². The fourth-order valence-corrected chi connectivity index (χ4v) is 2.76. The van der Waals surface area contributed by atoms with Gasteiger partial charge in [-0.05, 0) is 18.6 Å². The van der Waals surface area contributed by atoms with Crippen molar-refractivity contribution in [3.63, 3.8) is 0 Å². The van der Waals surface area contributed by atoms with Gasteiger partial charge < -0.3 is 5.73 Å². The first kappa shape index (κ1) is 12.6. The molecule has 0 atom stereocenters. The van der Waals surface area contributed by atoms with E-state index in [-0.39, 0.29) is 17.1 Å². The number of nitrogens with one attached hydrogen (secondary N) is 1. The van der Waals surface area contributed by atoms with Crippen LogP contribution in [-0.4, -0.2) is 15.0 Å². The van der Waals surface area contributed by atoms with E-state index in [1.54, 1.807) is 25.1 Å². The number of rotatable bonds is 4. The second kappa shape index (κ2) is 5.01. The number of aryl methyl sites for hydroxylation is 1. The molecule has 0 fully saturated rings. The van der Waals surface area contributed by atoms with Crippen LogP contribution < -0.4 is 10.5 Å². The summed E-state index contributed by atoms with van der Waals surface area (Å²) in [6, 6.07) is 4.97. The molecule has 0 unspecified atom stereocenters. The average molecular weight is 238 g/mol. The molecule has 0 heterocycles. The topological polar surface area (TPSA) is 72.2 Å². The van der Waals surface area contributed by atoms with Gasteiger partial charge in [0, 0.05) is 13.0 Å². The highest BCUT2D eigenvalue weighted by atomic mass is 32.2. The first-order valence-electron chi connectivity index (χ1n) is 4.77. The quantitative estimate of drug-likeness (QED) is 0.464. The van der Waals surface area contributed by atoms with Gasteiger partial charge in [0.1, 0.15) is 4.90 Å². The van der Waals surface area contributed by atoms with Crippen molar-refractivity contribution in [3.8, 4) is 12.3 Å². The summed E-state index contributed by atoms with van der Waals surface area (Å²) in [5.74, 6) is 2.36. The van der Waals surface area contributed by atoms with Crippen LogP contribution in [0.2, 0.25) is 0 Å². The van der Waals surface area contributed by atoms with Gasteiger partial charge in [0.2, 0.25) is 10.0 Å². The van der Waals surface area contributed by atoms with Gasteiger partial charge in [-0.1, -0.05) is 12.1 Å². The van der Waals surface area contributed by atoms with Gasteiger partial charge in [-0.2, -0.15) is 0 Å². The zero-order valence-corrected chi connectivity index (χ0v) is 9.84. The summed E-state index contributed by atoms with van der Waals surface area (Å²) < 4.78 is 26.2. The molecule has 1 aromatic rings. The lowest BCUT2D eigenvalue weighted by Crippen LogP contribution is -2.26. The van der Waals surface area contributed by atoms with Crippen LogP contribution in [0.25, 0.3) is 0 Å². The van der Waals surface area contributed by atoms with Crippen LogP contribution in [0.3, 0.4) is 0 Å². The first-order chi connectivity index (χ1) is 7.49. The molecule has 0 saturated carbocycles. The summed E-state index contributed by atoms with van der Waals surface area (Å²) in [5.41, 5.74) is 6.51. The largest absolute Gasteiger partial charge is 0.398 e. The van der Waals surface area contributed by atoms with Gasteiger partial charge in [0.15, 0.2) is 0 Å². The molecule has 86 valence electrons. The van der Waals surface area contributed by atoms with Gasteiger partial charge in [0.05, 0.1) is 5.69 Å². The van der Waals surface area contributed by atoms with E-state index in [0.29, 0.717) is 12.0 Å². The van der Waals surface area contributed by atoms with Crippen LogP contribution in [0.1, 0.15) is 12.0 Å². The summed E-state index contributed by atoms with van der Waals surface area (Å²) in [5, 5.41) is 0. The maximum atomic E-state index is 11.9. The molecule has 0 aromatic heterocycles. The van der Waals surface area contributed by atoms with Crippen molar-refractivity contribution in [2.75, 3.05) is 12.3 Å². The fraction of sp³-hybridized carbons (Fsp3) is 0.273. The van der Waals surface area contributed by atoms with Crippen LogP contribution in [0.15, 0.2) is 23.1 Å². The smallest absolute Gasteiger partial charge is 0.242 e. The van der Waals surface area contributed by atoms with Crippen molar-refractivity contribution in [3.05, 3.63) is 23.8 Å². The Balaban J connectivity index is 3.04. The van der Waals surface area contributed by atoms with E-state index in [2.05, 4.69) is 10.6 Å². The van der Waals surface area contributed by atoms with Crippen LogP contribution in [0.5, 0.6) is 0 Å². The monoisotopic (exact) mass is 238 g/mol. The van der Waals surface area contributed by atoms with Gasteiger partial charge in [-0.25, -0.2) is 13.1 Å². The molecule has 0 amide bonds. The van der Waals surface area contributed by atoms with Crippen molar-refractivity contribution in [2.45, 2.75) is 18.2 Å². The summed E-state index contributed by atoms with van der Waals surface area (Å²) in [4.78, 5) is 0.132. The van der Waals surface area contributed by atoms with Crippen molar-refractivity contribution in [1.29, 1.82) is 0 Å². The highest BCUT2D eigenvalue weighted by molar-refractivity contribution is 7.89. The molecule has 0 radical (unpaired) electrons. The molecule has 0 bridgehead atoms. The van der Waals surface area contributed by atoms with E-state index in [1.165, 1.54) is 0 Å². The number of nitrogens with two attached hydrogens (primary N) is 1. The zero-order chi connectivity index (χ0) is 12.2. The molecular weight excluding hydrogens is 224 g/mol. The summed E-state index contributed by atoms with van der Waals surface area (Å²) >= 11 is 0. The normalized spacial score (nSPS) is 11.0. The van der Waals surface area contributed by atoms with Crippen LogP contribution in [-0.2, 0) is 10.0 Å². The molecule has 0 spiro atoms. The number of hydrogen-bond donors (Lipinski definition) is 2. The number of anilines is 1. The Morgan fingerprint density at radius 1 is 1.50 bits per heavy atom. The molecule has 1 rings (SSSR count). The lowest BCUT2D eigenvalue weighted by atomic mass is 10.2. The molecular formula is C11H14N2O2S. The Morgan fingerprint density at radius 2 is 2.19 bits per heavy atom. The van der Waals surface area contributed by atoms with Crippen LogP contribution in [0.4, 0.5) is 5.69 Å². The molecule has 0 aliphatic rings. The third-order valence-electron chi connectivity index (χ3n) is 2.07. The Morgan fingerprint density at radius 3 is 2.75 bits per heavy atom. The van der Waals surface area contributed by atoms with E-state index in [9.17, 15) is 8.42 Å². The molecule has 0 aliphatic carbocycles. The second-order valence-electron chi connectivity index (χ2n) is 3.35. The molecule has 0 saturated heterocycles. The van der Waals surface area contributed by atoms with E-state index in [4.69, 9.17) is 12.2 Å². The molecule has 0 aliphatic heterocycles. The third kappa shape index (κ3) is 2.75. The average Bonchev–Trinajstić information content (AvgIpc) is 2.17. The van der Waals surface area contributed by atoms with Gasteiger partial charge in [-0.15, -0.1) is 12.3 Å². The highest BCUT2D eigenvalue weighted by Crippen LogP contribution is 2.21. The van der Waals surface area contributed by atoms with Crippen LogP contribution >= 0.6 is 0 Å². The maximum absolute atomic E-state index is 11.9. The lowest BCUT2D eigenvalue weighted by molar-refractivity contribution is 0.582. The van der Waals surface area contributed by atoms with Crippen molar-refractivity contribution >= 4 is 15.7 Å². The number of sulfonamides is 1. The second-order valence-corrected chi connectivity index (χ2v) is 5.05. The van der Waals surface area contributed by atoms with Gasteiger partial charge in [0.25, 0.3) is 0 Å². The lowest BCUT2D eigenvalue weighted by Gasteiger charge is -2.10. The van der Waals surface area contributed by atoms with Crippen molar-refractivity contribution < 1.29 is 8.42 Å². The molecule has 5 heteroatoms. The third-order valence-corrected chi connectivity index (χ3v) is 3.75. The standard InChI is InChI=1S/C11H14N2O2S/c1-3-4-8-13-16(14,15)11-9(2)6-5-7-10(11)12/h1,5-7,13H,4,8,12H2,2H3. The molecule has 16 heavy (non-hydrogen) atoms. The van der Waals surface area contributed by atoms with E-state index in [0.717, 1.165) is 0 Å². The predicted octanol–water partition coefficient (Wildman–Crippen LogP) is 0.879. The number of hydrogen-bond acceptors (Lipinski definition) is 3. The number of terminal acetylenes is 1. The SMILES string of the molecule is C#CCCNS(=O)(=O)c1c(C)cccc1N. The maximum Gasteiger partial charge on any atom is 0.242 e. The minimum Gasteiger partial charge on any atom is -0.398 e. The summed E-state index contributed by atoms with van der Waals surface area (Å²) in [7, 11) is -3.56. The molecule has 3 N–H and O–H groups in total. The summed E-state index contributed by atoms with van der Waals surface area (Å²) in [6.07, 6.45) is 5.40. The molecule has 1 aromatic carbocycles. The van der Waals surface area contributed by atoms with Crippen LogP contribution in [0, 0.1) is 19.3 Å². The first-order valence-corrected chi connectivity index (χ1v) is 6.25. The minimum atomic E-state index is -3.56. The number of nitrogen functional groups attached to an aromatic ring is 1. The zero-order valence-electron chi connectivity index (χ0n) is 9.03. The Labute approximate surface area is 95.9 Å². The fourth-order valence-electron chi connectivity index (χ4n) is 1.37. The van der Waals surface area contributed by atoms with E-state index >= 15 is 0 Å². The minimum absolute atomic E-state index is 0.132. The van der Waals surface area contributed by atoms with Crippen molar-refractivity contribution in [1.82, 2.24) is 4.72 Å². The molecule has 4 nitrogen and oxygen atoms in total. The van der Waals surface area contributed by atoms with E-state index < -0.39 is 10.0 Å². The Bertz CT molecular complexity index is 495. The Hall–Kier alpha value is -1.51. The Kier molecular flexibility index (Phi) is 3.93. The predicted molar refractivity (Wildman–Crippen MR) is 64.2 cm³/mol. The van der Waals surface area contributed by atoms with Gasteiger partial charge >= 0.3 is 0 Å². The van der Waals surface area contributed by atoms with Gasteiger partial charge in [-0.3, -0.25) is 0 Å².